The normalized spacial score (nSPS) is 13.1. The number of rotatable bonds is 10. The van der Waals surface area contributed by atoms with Crippen LogP contribution in [0.15, 0.2) is 75.8 Å². The van der Waals surface area contributed by atoms with Crippen LogP contribution < -0.4 is 5.32 Å². The Kier molecular flexibility index (Phi) is 7.03. The largest absolute Gasteiger partial charge is 0.480 e. The van der Waals surface area contributed by atoms with Gasteiger partial charge in [-0.15, -0.1) is 10.2 Å². The Balaban J connectivity index is 1.11. The van der Waals surface area contributed by atoms with Crippen LogP contribution in [0.4, 0.5) is 4.79 Å². The van der Waals surface area contributed by atoms with Crippen LogP contribution in [-0.2, 0) is 15.3 Å². The number of furan rings is 1. The molecule has 184 valence electrons. The molecule has 0 radical (unpaired) electrons. The number of aliphatic carboxylic acids is 1. The summed E-state index contributed by atoms with van der Waals surface area (Å²) in [5, 5.41) is 19.9. The van der Waals surface area contributed by atoms with Crippen LogP contribution >= 0.6 is 11.8 Å². The molecule has 36 heavy (non-hydrogen) atoms. The number of alkyl carbamates (subject to hydrolysis) is 1. The van der Waals surface area contributed by atoms with E-state index in [9.17, 15) is 14.7 Å². The average molecular weight is 506 g/mol. The standard InChI is InChI=1S/C26H23N3O6S/c30-25(31)21(11-13-36-15-23-28-29-24(35-23)22-10-5-12-33-22)27-26(32)34-14-20-18-8-3-1-6-16(18)17-7-2-4-9-19(17)20/h1-10,12,20-21H,11,13-15H2,(H,27,32)(H,30,31). The van der Waals surface area contributed by atoms with Crippen molar-refractivity contribution in [1.82, 2.24) is 15.5 Å². The first kappa shape index (κ1) is 23.7. The maximum Gasteiger partial charge on any atom is 0.407 e. The lowest BCUT2D eigenvalue weighted by Gasteiger charge is -2.17. The summed E-state index contributed by atoms with van der Waals surface area (Å²) in [5.41, 5.74) is 4.43. The smallest absolute Gasteiger partial charge is 0.407 e. The molecule has 10 heteroatoms. The number of fused-ring (bicyclic) bond motifs is 3. The van der Waals surface area contributed by atoms with Gasteiger partial charge in [0, 0.05) is 5.92 Å². The number of benzene rings is 2. The van der Waals surface area contributed by atoms with Gasteiger partial charge >= 0.3 is 12.1 Å². The van der Waals surface area contributed by atoms with Crippen LogP contribution in [0, 0.1) is 0 Å². The van der Waals surface area contributed by atoms with E-state index >= 15 is 0 Å². The molecule has 1 amide bonds. The third kappa shape index (κ3) is 5.13. The molecule has 0 aliphatic heterocycles. The molecule has 0 spiro atoms. The van der Waals surface area contributed by atoms with Crippen LogP contribution in [0.2, 0.25) is 0 Å². The number of nitrogens with one attached hydrogen (secondary N) is 1. The van der Waals surface area contributed by atoms with E-state index in [0.29, 0.717) is 23.2 Å². The van der Waals surface area contributed by atoms with Crippen molar-refractivity contribution in [2.75, 3.05) is 12.4 Å². The number of amides is 1. The first-order valence-electron chi connectivity index (χ1n) is 11.4. The minimum Gasteiger partial charge on any atom is -0.480 e. The molecule has 2 heterocycles. The molecule has 0 saturated carbocycles. The summed E-state index contributed by atoms with van der Waals surface area (Å²) in [6, 6.07) is 18.4. The second kappa shape index (κ2) is 10.7. The third-order valence-electron chi connectivity index (χ3n) is 5.91. The van der Waals surface area contributed by atoms with Gasteiger partial charge in [0.15, 0.2) is 5.76 Å². The molecular formula is C26H23N3O6S. The lowest BCUT2D eigenvalue weighted by atomic mass is 9.98. The molecule has 9 nitrogen and oxygen atoms in total. The maximum atomic E-state index is 12.5. The zero-order valence-electron chi connectivity index (χ0n) is 19.1. The number of hydrogen-bond acceptors (Lipinski definition) is 8. The summed E-state index contributed by atoms with van der Waals surface area (Å²) in [6.45, 7) is 0.121. The molecule has 2 aromatic heterocycles. The van der Waals surface area contributed by atoms with E-state index in [1.165, 1.54) is 18.0 Å². The van der Waals surface area contributed by atoms with E-state index < -0.39 is 18.1 Å². The fraction of sp³-hybridized carbons (Fsp3) is 0.231. The zero-order valence-corrected chi connectivity index (χ0v) is 19.9. The predicted molar refractivity (Wildman–Crippen MR) is 132 cm³/mol. The van der Waals surface area contributed by atoms with Crippen molar-refractivity contribution in [3.8, 4) is 22.8 Å². The molecule has 0 saturated heterocycles. The topological polar surface area (TPSA) is 128 Å². The minimum atomic E-state index is -1.12. The van der Waals surface area contributed by atoms with Crippen LogP contribution in [0.3, 0.4) is 0 Å². The van der Waals surface area contributed by atoms with Gasteiger partial charge in [-0.05, 0) is 46.6 Å². The molecule has 0 bridgehead atoms. The Morgan fingerprint density at radius 2 is 1.75 bits per heavy atom. The summed E-state index contributed by atoms with van der Waals surface area (Å²) >= 11 is 1.43. The van der Waals surface area contributed by atoms with Gasteiger partial charge in [0.25, 0.3) is 5.89 Å². The highest BCUT2D eigenvalue weighted by molar-refractivity contribution is 7.98. The number of thioether (sulfide) groups is 1. The second-order valence-electron chi connectivity index (χ2n) is 8.18. The van der Waals surface area contributed by atoms with Gasteiger partial charge in [0.05, 0.1) is 12.0 Å². The van der Waals surface area contributed by atoms with Crippen molar-refractivity contribution < 1.29 is 28.3 Å². The van der Waals surface area contributed by atoms with Gasteiger partial charge < -0.3 is 24.0 Å². The Labute approximate surface area is 210 Å². The number of carbonyl (C=O) groups is 2. The lowest BCUT2D eigenvalue weighted by Crippen LogP contribution is -2.41. The van der Waals surface area contributed by atoms with Gasteiger partial charge in [0.1, 0.15) is 12.6 Å². The van der Waals surface area contributed by atoms with Gasteiger partial charge in [0.2, 0.25) is 5.89 Å². The number of aromatic nitrogens is 2. The number of ether oxygens (including phenoxy) is 1. The number of hydrogen-bond donors (Lipinski definition) is 2. The Hall–Kier alpha value is -4.05. The van der Waals surface area contributed by atoms with E-state index in [1.807, 2.05) is 36.4 Å². The zero-order chi connectivity index (χ0) is 24.9. The summed E-state index contributed by atoms with van der Waals surface area (Å²) in [5.74, 6) is 0.824. The van der Waals surface area contributed by atoms with E-state index in [0.717, 1.165) is 22.3 Å². The highest BCUT2D eigenvalue weighted by atomic mass is 32.2. The van der Waals surface area contributed by atoms with Gasteiger partial charge in [-0.2, -0.15) is 11.8 Å². The SMILES string of the molecule is O=C(NC(CCSCc1nnc(-c2ccco2)o1)C(=O)O)OCC1c2ccccc2-c2ccccc21. The van der Waals surface area contributed by atoms with Crippen LogP contribution in [0.1, 0.15) is 29.4 Å². The molecule has 1 aliphatic carbocycles. The van der Waals surface area contributed by atoms with Crippen molar-refractivity contribution in [1.29, 1.82) is 0 Å². The Morgan fingerprint density at radius 3 is 2.42 bits per heavy atom. The molecule has 0 fully saturated rings. The fourth-order valence-electron chi connectivity index (χ4n) is 4.21. The highest BCUT2D eigenvalue weighted by Gasteiger charge is 2.29. The number of carboxylic acid groups (broad SMARTS) is 1. The molecule has 4 aromatic rings. The molecule has 2 aromatic carbocycles. The number of carbonyl (C=O) groups excluding carboxylic acids is 1. The average Bonchev–Trinajstić information content (AvgIpc) is 3.64. The molecule has 2 N–H and O–H groups in total. The van der Waals surface area contributed by atoms with E-state index in [-0.39, 0.29) is 24.8 Å². The van der Waals surface area contributed by atoms with Gasteiger partial charge in [-0.25, -0.2) is 9.59 Å². The highest BCUT2D eigenvalue weighted by Crippen LogP contribution is 2.44. The van der Waals surface area contributed by atoms with Gasteiger partial charge in [-0.1, -0.05) is 48.5 Å². The summed E-state index contributed by atoms with van der Waals surface area (Å²) in [6.07, 6.45) is 0.974. The monoisotopic (exact) mass is 505 g/mol. The summed E-state index contributed by atoms with van der Waals surface area (Å²) in [4.78, 5) is 24.2. The van der Waals surface area contributed by atoms with Crippen LogP contribution in [-0.4, -0.2) is 45.8 Å². The van der Waals surface area contributed by atoms with Gasteiger partial charge in [-0.3, -0.25) is 0 Å². The molecule has 1 atom stereocenters. The molecular weight excluding hydrogens is 482 g/mol. The van der Waals surface area contributed by atoms with Crippen LogP contribution in [0.5, 0.6) is 0 Å². The summed E-state index contributed by atoms with van der Waals surface area (Å²) < 4.78 is 16.2. The predicted octanol–water partition coefficient (Wildman–Crippen LogP) is 4.94. The van der Waals surface area contributed by atoms with Crippen molar-refractivity contribution >= 4 is 23.8 Å². The molecule has 1 aliphatic rings. The summed E-state index contributed by atoms with van der Waals surface area (Å²) in [7, 11) is 0. The lowest BCUT2D eigenvalue weighted by molar-refractivity contribution is -0.139. The molecule has 1 unspecified atom stereocenters. The van der Waals surface area contributed by atoms with Crippen molar-refractivity contribution in [3.63, 3.8) is 0 Å². The Morgan fingerprint density at radius 1 is 1.03 bits per heavy atom. The van der Waals surface area contributed by atoms with E-state index in [2.05, 4.69) is 27.6 Å². The fourth-order valence-corrected chi connectivity index (χ4v) is 5.05. The third-order valence-corrected chi connectivity index (χ3v) is 6.88. The minimum absolute atomic E-state index is 0.0949. The first-order chi connectivity index (χ1) is 17.6. The van der Waals surface area contributed by atoms with Crippen molar-refractivity contribution in [2.24, 2.45) is 0 Å². The van der Waals surface area contributed by atoms with Crippen LogP contribution in [0.25, 0.3) is 22.8 Å². The van der Waals surface area contributed by atoms with E-state index in [1.54, 1.807) is 12.1 Å². The number of nitrogens with zero attached hydrogens (tertiary/aromatic N) is 2. The Bertz CT molecular complexity index is 1310. The second-order valence-corrected chi connectivity index (χ2v) is 9.29. The van der Waals surface area contributed by atoms with E-state index in [4.69, 9.17) is 13.6 Å². The first-order valence-corrected chi connectivity index (χ1v) is 12.5. The molecule has 5 rings (SSSR count). The van der Waals surface area contributed by atoms with Crippen molar-refractivity contribution in [3.05, 3.63) is 83.9 Å². The number of carboxylic acids is 1. The van der Waals surface area contributed by atoms with Crippen molar-refractivity contribution in [2.45, 2.75) is 24.1 Å². The maximum absolute atomic E-state index is 12.5. The quantitative estimate of drug-likeness (QED) is 0.288.